The van der Waals surface area contributed by atoms with Crippen molar-refractivity contribution in [2.45, 2.75) is 33.1 Å². The summed E-state index contributed by atoms with van der Waals surface area (Å²) in [5.41, 5.74) is 4.15. The molecule has 0 radical (unpaired) electrons. The van der Waals surface area contributed by atoms with Crippen LogP contribution in [0.5, 0.6) is 0 Å². The van der Waals surface area contributed by atoms with Gasteiger partial charge >= 0.3 is 0 Å². The molecule has 2 aromatic rings. The summed E-state index contributed by atoms with van der Waals surface area (Å²) in [7, 11) is 0. The maximum atomic E-state index is 12.6. The second-order valence-electron chi connectivity index (χ2n) is 7.31. The topological polar surface area (TPSA) is 82.0 Å². The molecule has 27 heavy (non-hydrogen) atoms. The molecule has 1 fully saturated rings. The Morgan fingerprint density at radius 2 is 1.67 bits per heavy atom. The van der Waals surface area contributed by atoms with E-state index in [1.54, 1.807) is 24.3 Å². The van der Waals surface area contributed by atoms with Crippen LogP contribution >= 0.6 is 0 Å². The van der Waals surface area contributed by atoms with E-state index in [2.05, 4.69) is 24.5 Å². The molecule has 5 heteroatoms. The van der Waals surface area contributed by atoms with Crippen LogP contribution in [0.1, 0.15) is 42.9 Å². The summed E-state index contributed by atoms with van der Waals surface area (Å²) in [4.78, 5) is 25.0. The second-order valence-corrected chi connectivity index (χ2v) is 7.31. The summed E-state index contributed by atoms with van der Waals surface area (Å²) in [6.45, 7) is 6.16. The van der Waals surface area contributed by atoms with Gasteiger partial charge in [0.2, 0.25) is 11.8 Å². The smallest absolute Gasteiger partial charge is 0.228 e. The Bertz CT molecular complexity index is 910. The van der Waals surface area contributed by atoms with E-state index in [0.29, 0.717) is 23.6 Å². The summed E-state index contributed by atoms with van der Waals surface area (Å²) in [6, 6.07) is 14.7. The van der Waals surface area contributed by atoms with Gasteiger partial charge in [0.15, 0.2) is 0 Å². The van der Waals surface area contributed by atoms with E-state index < -0.39 is 0 Å². The predicted molar refractivity (Wildman–Crippen MR) is 105 cm³/mol. The number of para-hydroxylation sites is 1. The fraction of sp³-hybridized carbons (Fsp3) is 0.318. The van der Waals surface area contributed by atoms with Gasteiger partial charge in [0, 0.05) is 11.4 Å². The number of aryl methyl sites for hydroxylation is 1. The average Bonchev–Trinajstić information content (AvgIpc) is 3.45. The Balaban J connectivity index is 1.62. The van der Waals surface area contributed by atoms with Crippen molar-refractivity contribution in [3.63, 3.8) is 0 Å². The number of amides is 2. The maximum absolute atomic E-state index is 12.6. The molecule has 0 spiro atoms. The highest BCUT2D eigenvalue weighted by Crippen LogP contribution is 2.41. The van der Waals surface area contributed by atoms with Gasteiger partial charge in [-0.25, -0.2) is 0 Å². The number of anilines is 2. The molecule has 2 aromatic carbocycles. The van der Waals surface area contributed by atoms with Crippen molar-refractivity contribution >= 4 is 23.2 Å². The zero-order chi connectivity index (χ0) is 19.6. The Kier molecular flexibility index (Phi) is 5.27. The quantitative estimate of drug-likeness (QED) is 0.837. The standard InChI is InChI=1S/C22H23N3O2/c1-13(2)17-6-4-5-14(3)20(17)25-22(27)19-11-18(19)21(26)24-16-9-7-15(12-23)8-10-16/h4-10,13,18-19H,11H2,1-3H3,(H,24,26)(H,25,27). The SMILES string of the molecule is Cc1cccc(C(C)C)c1NC(=O)C1CC1C(=O)Nc1ccc(C#N)cc1. The van der Waals surface area contributed by atoms with Crippen LogP contribution in [0.15, 0.2) is 42.5 Å². The summed E-state index contributed by atoms with van der Waals surface area (Å²) < 4.78 is 0. The normalized spacial score (nSPS) is 17.9. The van der Waals surface area contributed by atoms with Gasteiger partial charge < -0.3 is 10.6 Å². The van der Waals surface area contributed by atoms with E-state index in [1.807, 2.05) is 31.2 Å². The van der Waals surface area contributed by atoms with Crippen molar-refractivity contribution in [1.82, 2.24) is 0 Å². The molecule has 0 aromatic heterocycles. The molecule has 138 valence electrons. The first-order valence-corrected chi connectivity index (χ1v) is 9.12. The third-order valence-corrected chi connectivity index (χ3v) is 4.92. The van der Waals surface area contributed by atoms with Crippen LogP contribution in [0.3, 0.4) is 0 Å². The van der Waals surface area contributed by atoms with Crippen LogP contribution in [-0.2, 0) is 9.59 Å². The molecular formula is C22H23N3O2. The number of carbonyl (C=O) groups is 2. The molecule has 1 aliphatic carbocycles. The largest absolute Gasteiger partial charge is 0.326 e. The fourth-order valence-electron chi connectivity index (χ4n) is 3.20. The van der Waals surface area contributed by atoms with Crippen molar-refractivity contribution in [2.24, 2.45) is 11.8 Å². The molecule has 0 saturated heterocycles. The third kappa shape index (κ3) is 4.17. The summed E-state index contributed by atoms with van der Waals surface area (Å²) in [6.07, 6.45) is 0.552. The summed E-state index contributed by atoms with van der Waals surface area (Å²) >= 11 is 0. The van der Waals surface area contributed by atoms with Gasteiger partial charge in [0.05, 0.1) is 23.5 Å². The van der Waals surface area contributed by atoms with Crippen LogP contribution in [0.25, 0.3) is 0 Å². The lowest BCUT2D eigenvalue weighted by Crippen LogP contribution is -2.21. The van der Waals surface area contributed by atoms with Crippen molar-refractivity contribution in [2.75, 3.05) is 10.6 Å². The van der Waals surface area contributed by atoms with Gasteiger partial charge in [-0.3, -0.25) is 9.59 Å². The maximum Gasteiger partial charge on any atom is 0.228 e. The Morgan fingerprint density at radius 1 is 1.04 bits per heavy atom. The average molecular weight is 361 g/mol. The zero-order valence-electron chi connectivity index (χ0n) is 15.7. The molecular weight excluding hydrogens is 338 g/mol. The molecule has 2 atom stereocenters. The van der Waals surface area contributed by atoms with Crippen LogP contribution in [0.2, 0.25) is 0 Å². The van der Waals surface area contributed by atoms with Crippen LogP contribution < -0.4 is 10.6 Å². The highest BCUT2D eigenvalue weighted by molar-refractivity contribution is 6.03. The molecule has 0 heterocycles. The lowest BCUT2D eigenvalue weighted by atomic mass is 9.98. The Labute approximate surface area is 159 Å². The summed E-state index contributed by atoms with van der Waals surface area (Å²) in [5, 5.41) is 14.7. The predicted octanol–water partition coefficient (Wildman–Crippen LogP) is 4.20. The van der Waals surface area contributed by atoms with Crippen molar-refractivity contribution in [3.8, 4) is 6.07 Å². The first kappa shape index (κ1) is 18.7. The Morgan fingerprint density at radius 3 is 2.26 bits per heavy atom. The number of hydrogen-bond acceptors (Lipinski definition) is 3. The minimum Gasteiger partial charge on any atom is -0.326 e. The molecule has 1 aliphatic rings. The van der Waals surface area contributed by atoms with Gasteiger partial charge in [-0.05, 0) is 54.7 Å². The minimum absolute atomic E-state index is 0.105. The van der Waals surface area contributed by atoms with E-state index >= 15 is 0 Å². The van der Waals surface area contributed by atoms with Crippen molar-refractivity contribution < 1.29 is 9.59 Å². The third-order valence-electron chi connectivity index (χ3n) is 4.92. The second kappa shape index (κ2) is 7.63. The van der Waals surface area contributed by atoms with Gasteiger partial charge in [-0.2, -0.15) is 5.26 Å². The minimum atomic E-state index is -0.313. The molecule has 1 saturated carbocycles. The molecule has 3 rings (SSSR count). The van der Waals surface area contributed by atoms with E-state index in [9.17, 15) is 9.59 Å². The van der Waals surface area contributed by atoms with E-state index in [1.165, 1.54) is 0 Å². The number of nitrogens with one attached hydrogen (secondary N) is 2. The molecule has 5 nitrogen and oxygen atoms in total. The highest BCUT2D eigenvalue weighted by Gasteiger charge is 2.48. The monoisotopic (exact) mass is 361 g/mol. The summed E-state index contributed by atoms with van der Waals surface area (Å²) in [5.74, 6) is -0.579. The highest BCUT2D eigenvalue weighted by atomic mass is 16.2. The first-order chi connectivity index (χ1) is 12.9. The van der Waals surface area contributed by atoms with Crippen LogP contribution in [-0.4, -0.2) is 11.8 Å². The number of hydrogen-bond donors (Lipinski definition) is 2. The van der Waals surface area contributed by atoms with Crippen LogP contribution in [0.4, 0.5) is 11.4 Å². The van der Waals surface area contributed by atoms with Crippen LogP contribution in [0, 0.1) is 30.1 Å². The van der Waals surface area contributed by atoms with E-state index in [0.717, 1.165) is 16.8 Å². The zero-order valence-corrected chi connectivity index (χ0v) is 15.7. The van der Waals surface area contributed by atoms with Crippen molar-refractivity contribution in [1.29, 1.82) is 5.26 Å². The number of benzene rings is 2. The number of nitrogens with zero attached hydrogens (tertiary/aromatic N) is 1. The number of carbonyl (C=O) groups excluding carboxylic acids is 2. The number of rotatable bonds is 5. The molecule has 2 amide bonds. The lowest BCUT2D eigenvalue weighted by molar-refractivity contribution is -0.122. The fourth-order valence-corrected chi connectivity index (χ4v) is 3.20. The molecule has 0 aliphatic heterocycles. The Hall–Kier alpha value is -3.13. The molecule has 2 N–H and O–H groups in total. The molecule has 2 unspecified atom stereocenters. The van der Waals surface area contributed by atoms with E-state index in [-0.39, 0.29) is 23.7 Å². The van der Waals surface area contributed by atoms with E-state index in [4.69, 9.17) is 5.26 Å². The van der Waals surface area contributed by atoms with Crippen molar-refractivity contribution in [3.05, 3.63) is 59.2 Å². The lowest BCUT2D eigenvalue weighted by Gasteiger charge is -2.16. The van der Waals surface area contributed by atoms with Gasteiger partial charge in [0.1, 0.15) is 0 Å². The number of nitriles is 1. The van der Waals surface area contributed by atoms with Gasteiger partial charge in [-0.1, -0.05) is 32.0 Å². The molecule has 0 bridgehead atoms. The van der Waals surface area contributed by atoms with Gasteiger partial charge in [0.25, 0.3) is 0 Å². The first-order valence-electron chi connectivity index (χ1n) is 9.12. The van der Waals surface area contributed by atoms with Gasteiger partial charge in [-0.15, -0.1) is 0 Å².